The van der Waals surface area contributed by atoms with Crippen molar-refractivity contribution in [1.82, 2.24) is 5.32 Å². The number of carbonyl (C=O) groups is 2. The van der Waals surface area contributed by atoms with Gasteiger partial charge in [-0.2, -0.15) is 0 Å². The lowest BCUT2D eigenvalue weighted by Gasteiger charge is -2.36. The number of anilines is 2. The van der Waals surface area contributed by atoms with Crippen LogP contribution in [-0.2, 0) is 4.79 Å². The number of amides is 3. The van der Waals surface area contributed by atoms with Crippen molar-refractivity contribution in [2.75, 3.05) is 17.2 Å². The van der Waals surface area contributed by atoms with Gasteiger partial charge < -0.3 is 11.1 Å². The highest BCUT2D eigenvalue weighted by Crippen LogP contribution is 2.27. The second-order valence-corrected chi connectivity index (χ2v) is 4.77. The fraction of sp³-hybridized carbons (Fsp3) is 0.333. The van der Waals surface area contributed by atoms with E-state index in [1.54, 1.807) is 38.1 Å². The summed E-state index contributed by atoms with van der Waals surface area (Å²) in [5.41, 5.74) is 6.12. The van der Waals surface area contributed by atoms with Crippen LogP contribution in [0.5, 0.6) is 0 Å². The molecule has 0 spiro atoms. The molecule has 90 valence electrons. The molecular formula is C12H15N3O2. The molecule has 1 saturated heterocycles. The number of benzene rings is 1. The third kappa shape index (κ3) is 1.95. The van der Waals surface area contributed by atoms with Gasteiger partial charge in [0.25, 0.3) is 0 Å². The lowest BCUT2D eigenvalue weighted by atomic mass is 9.89. The summed E-state index contributed by atoms with van der Waals surface area (Å²) in [5, 5.41) is 2.70. The summed E-state index contributed by atoms with van der Waals surface area (Å²) in [4.78, 5) is 25.1. The summed E-state index contributed by atoms with van der Waals surface area (Å²) in [7, 11) is 0. The number of nitrogens with zero attached hydrogens (tertiary/aromatic N) is 1. The molecule has 0 aromatic heterocycles. The molecule has 1 aromatic rings. The molecule has 0 bridgehead atoms. The first-order chi connectivity index (χ1) is 7.92. The van der Waals surface area contributed by atoms with E-state index in [1.807, 2.05) is 0 Å². The molecule has 1 heterocycles. The number of urea groups is 1. The van der Waals surface area contributed by atoms with Crippen molar-refractivity contribution in [3.05, 3.63) is 24.3 Å². The van der Waals surface area contributed by atoms with Crippen LogP contribution in [-0.4, -0.2) is 18.5 Å². The Hall–Kier alpha value is -2.04. The summed E-state index contributed by atoms with van der Waals surface area (Å²) < 4.78 is 0. The Labute approximate surface area is 99.6 Å². The number of nitrogens with two attached hydrogens (primary N) is 1. The van der Waals surface area contributed by atoms with Crippen LogP contribution in [0.2, 0.25) is 0 Å². The number of imide groups is 1. The number of nitrogen functional groups attached to an aromatic ring is 1. The van der Waals surface area contributed by atoms with Crippen molar-refractivity contribution < 1.29 is 9.59 Å². The van der Waals surface area contributed by atoms with Crippen molar-refractivity contribution in [3.8, 4) is 0 Å². The largest absolute Gasteiger partial charge is 0.399 e. The summed E-state index contributed by atoms with van der Waals surface area (Å²) >= 11 is 0. The lowest BCUT2D eigenvalue weighted by Crippen LogP contribution is -2.59. The summed E-state index contributed by atoms with van der Waals surface area (Å²) in [6.45, 7) is 3.97. The van der Waals surface area contributed by atoms with Gasteiger partial charge in [0, 0.05) is 12.2 Å². The molecule has 1 aliphatic rings. The van der Waals surface area contributed by atoms with Crippen molar-refractivity contribution in [3.63, 3.8) is 0 Å². The number of carbonyl (C=O) groups excluding carboxylic acids is 2. The molecule has 1 aromatic carbocycles. The Morgan fingerprint density at radius 2 is 1.82 bits per heavy atom. The Kier molecular flexibility index (Phi) is 2.53. The highest BCUT2D eigenvalue weighted by Gasteiger charge is 2.40. The van der Waals surface area contributed by atoms with Crippen LogP contribution >= 0.6 is 0 Å². The number of hydrogen-bond acceptors (Lipinski definition) is 3. The molecule has 0 unspecified atom stereocenters. The number of rotatable bonds is 1. The normalized spacial score (nSPS) is 19.1. The van der Waals surface area contributed by atoms with Gasteiger partial charge in [0.2, 0.25) is 5.91 Å². The standard InChI is InChI=1S/C12H15N3O2/c1-12(2)7-14-11(17)15(10(12)16)9-5-3-8(13)4-6-9/h3-6H,7,13H2,1-2H3,(H,14,17). The van der Waals surface area contributed by atoms with Crippen molar-refractivity contribution in [2.45, 2.75) is 13.8 Å². The summed E-state index contributed by atoms with van der Waals surface area (Å²) in [5.74, 6) is -0.203. The van der Waals surface area contributed by atoms with Crippen LogP contribution in [0.25, 0.3) is 0 Å². The maximum atomic E-state index is 12.2. The molecule has 1 fully saturated rings. The van der Waals surface area contributed by atoms with E-state index in [0.717, 1.165) is 4.90 Å². The van der Waals surface area contributed by atoms with Crippen molar-refractivity contribution >= 4 is 23.3 Å². The van der Waals surface area contributed by atoms with E-state index in [4.69, 9.17) is 5.73 Å². The molecule has 17 heavy (non-hydrogen) atoms. The van der Waals surface area contributed by atoms with E-state index in [2.05, 4.69) is 5.32 Å². The first-order valence-corrected chi connectivity index (χ1v) is 5.40. The zero-order chi connectivity index (χ0) is 12.6. The SMILES string of the molecule is CC1(C)CNC(=O)N(c2ccc(N)cc2)C1=O. The Balaban J connectivity index is 2.38. The second-order valence-electron chi connectivity index (χ2n) is 4.77. The minimum atomic E-state index is -0.588. The van der Waals surface area contributed by atoms with Gasteiger partial charge in [0.15, 0.2) is 0 Å². The minimum absolute atomic E-state index is 0.203. The summed E-state index contributed by atoms with van der Waals surface area (Å²) in [6, 6.07) is 6.26. The molecule has 0 radical (unpaired) electrons. The van der Waals surface area contributed by atoms with Gasteiger partial charge in [-0.1, -0.05) is 0 Å². The van der Waals surface area contributed by atoms with Gasteiger partial charge in [-0.25, -0.2) is 9.69 Å². The fourth-order valence-electron chi connectivity index (χ4n) is 1.70. The van der Waals surface area contributed by atoms with E-state index >= 15 is 0 Å². The molecule has 3 amide bonds. The van der Waals surface area contributed by atoms with Gasteiger partial charge in [0.1, 0.15) is 0 Å². The molecule has 2 rings (SSSR count). The zero-order valence-corrected chi connectivity index (χ0v) is 9.86. The van der Waals surface area contributed by atoms with Crippen LogP contribution < -0.4 is 16.0 Å². The summed E-state index contributed by atoms with van der Waals surface area (Å²) in [6.07, 6.45) is 0. The predicted molar refractivity (Wildman–Crippen MR) is 65.5 cm³/mol. The third-order valence-corrected chi connectivity index (χ3v) is 2.82. The molecule has 0 saturated carbocycles. The van der Waals surface area contributed by atoms with Gasteiger partial charge in [0.05, 0.1) is 11.1 Å². The molecule has 5 nitrogen and oxygen atoms in total. The van der Waals surface area contributed by atoms with Crippen molar-refractivity contribution in [2.24, 2.45) is 5.41 Å². The van der Waals surface area contributed by atoms with Crippen LogP contribution in [0.4, 0.5) is 16.2 Å². The van der Waals surface area contributed by atoms with E-state index in [9.17, 15) is 9.59 Å². The fourth-order valence-corrected chi connectivity index (χ4v) is 1.70. The third-order valence-electron chi connectivity index (χ3n) is 2.82. The van der Waals surface area contributed by atoms with E-state index in [-0.39, 0.29) is 11.9 Å². The quantitative estimate of drug-likeness (QED) is 0.719. The Morgan fingerprint density at radius 3 is 2.41 bits per heavy atom. The zero-order valence-electron chi connectivity index (χ0n) is 9.86. The first-order valence-electron chi connectivity index (χ1n) is 5.40. The highest BCUT2D eigenvalue weighted by molar-refractivity contribution is 6.17. The van der Waals surface area contributed by atoms with Gasteiger partial charge in [-0.15, -0.1) is 0 Å². The maximum absolute atomic E-state index is 12.2. The van der Waals surface area contributed by atoms with Gasteiger partial charge in [-0.05, 0) is 38.1 Å². The highest BCUT2D eigenvalue weighted by atomic mass is 16.2. The molecule has 0 atom stereocenters. The van der Waals surface area contributed by atoms with Gasteiger partial charge >= 0.3 is 6.03 Å². The number of hydrogen-bond donors (Lipinski definition) is 2. The molecule has 5 heteroatoms. The first kappa shape index (κ1) is 11.4. The van der Waals surface area contributed by atoms with Crippen LogP contribution in [0.1, 0.15) is 13.8 Å². The smallest absolute Gasteiger partial charge is 0.328 e. The van der Waals surface area contributed by atoms with Gasteiger partial charge in [-0.3, -0.25) is 4.79 Å². The van der Waals surface area contributed by atoms with E-state index < -0.39 is 5.41 Å². The molecule has 1 aliphatic heterocycles. The average molecular weight is 233 g/mol. The maximum Gasteiger partial charge on any atom is 0.328 e. The predicted octanol–water partition coefficient (Wildman–Crippen LogP) is 1.35. The molecular weight excluding hydrogens is 218 g/mol. The minimum Gasteiger partial charge on any atom is -0.399 e. The van der Waals surface area contributed by atoms with E-state index in [0.29, 0.717) is 17.9 Å². The average Bonchev–Trinajstić information content (AvgIpc) is 2.28. The van der Waals surface area contributed by atoms with E-state index in [1.165, 1.54) is 0 Å². The molecule has 3 N–H and O–H groups in total. The van der Waals surface area contributed by atoms with Crippen LogP contribution in [0.3, 0.4) is 0 Å². The van der Waals surface area contributed by atoms with Crippen LogP contribution in [0, 0.1) is 5.41 Å². The number of nitrogens with one attached hydrogen (secondary N) is 1. The Bertz CT molecular complexity index is 465. The Morgan fingerprint density at radius 1 is 1.24 bits per heavy atom. The lowest BCUT2D eigenvalue weighted by molar-refractivity contribution is -0.126. The molecule has 0 aliphatic carbocycles. The topological polar surface area (TPSA) is 75.4 Å². The monoisotopic (exact) mass is 233 g/mol. The second kappa shape index (κ2) is 3.76. The van der Waals surface area contributed by atoms with Crippen molar-refractivity contribution in [1.29, 1.82) is 0 Å². The van der Waals surface area contributed by atoms with Crippen LogP contribution in [0.15, 0.2) is 24.3 Å².